The molecule has 5 heteroatoms. The van der Waals surface area contributed by atoms with Crippen molar-refractivity contribution in [2.75, 3.05) is 0 Å². The van der Waals surface area contributed by atoms with E-state index in [1.807, 2.05) is 24.5 Å². The molecule has 0 aliphatic carbocycles. The minimum absolute atomic E-state index is 0.356. The number of hydrogen-bond acceptors (Lipinski definition) is 4. The number of aromatic carboxylic acids is 1. The Morgan fingerprint density at radius 3 is 2.81 bits per heavy atom. The van der Waals surface area contributed by atoms with Gasteiger partial charge in [0, 0.05) is 10.3 Å². The fourth-order valence-corrected chi connectivity index (χ4v) is 2.51. The van der Waals surface area contributed by atoms with Crippen molar-refractivity contribution in [2.24, 2.45) is 0 Å². The molecular weight excluding hydrogens is 242 g/mol. The monoisotopic (exact) mass is 251 g/mol. The van der Waals surface area contributed by atoms with Crippen LogP contribution in [0.2, 0.25) is 0 Å². The van der Waals surface area contributed by atoms with Crippen LogP contribution < -0.4 is 0 Å². The lowest BCUT2D eigenvalue weighted by Crippen LogP contribution is -1.89. The van der Waals surface area contributed by atoms with Crippen molar-refractivity contribution in [1.29, 1.82) is 0 Å². The summed E-state index contributed by atoms with van der Waals surface area (Å²) in [5, 5.41) is 11.8. The fraction of sp³-hybridized carbons (Fsp3) is 0.0909. The lowest BCUT2D eigenvalue weighted by atomic mass is 10.3. The van der Waals surface area contributed by atoms with Crippen molar-refractivity contribution in [2.45, 2.75) is 6.92 Å². The Labute approximate surface area is 101 Å². The van der Waals surface area contributed by atoms with Gasteiger partial charge in [-0.1, -0.05) is 0 Å². The minimum atomic E-state index is -0.880. The van der Waals surface area contributed by atoms with E-state index in [0.717, 1.165) is 15.6 Å². The highest BCUT2D eigenvalue weighted by molar-refractivity contribution is 7.14. The van der Waals surface area contributed by atoms with E-state index in [0.29, 0.717) is 4.88 Å². The summed E-state index contributed by atoms with van der Waals surface area (Å²) in [5.74, 6) is -0.880. The first-order valence-electron chi connectivity index (χ1n) is 4.58. The zero-order valence-corrected chi connectivity index (χ0v) is 10.1. The Hall–Kier alpha value is -1.46. The molecule has 0 aliphatic rings. The van der Waals surface area contributed by atoms with Crippen LogP contribution in [0.3, 0.4) is 0 Å². The normalized spacial score (nSPS) is 11.1. The van der Waals surface area contributed by atoms with Crippen molar-refractivity contribution >= 4 is 40.8 Å². The van der Waals surface area contributed by atoms with Gasteiger partial charge in [0.1, 0.15) is 4.88 Å². The summed E-state index contributed by atoms with van der Waals surface area (Å²) in [6.07, 6.45) is 3.77. The zero-order chi connectivity index (χ0) is 11.5. The molecule has 0 radical (unpaired) electrons. The highest BCUT2D eigenvalue weighted by atomic mass is 32.1. The first kappa shape index (κ1) is 11.0. The SMILES string of the molecule is Cc1nc(/C=C/c2ccc(C(=O)O)s2)cs1. The van der Waals surface area contributed by atoms with E-state index in [1.54, 1.807) is 23.5 Å². The summed E-state index contributed by atoms with van der Waals surface area (Å²) >= 11 is 2.85. The number of rotatable bonds is 3. The molecule has 0 spiro atoms. The van der Waals surface area contributed by atoms with Crippen LogP contribution in [0.15, 0.2) is 17.5 Å². The Morgan fingerprint density at radius 2 is 2.25 bits per heavy atom. The van der Waals surface area contributed by atoms with E-state index in [9.17, 15) is 4.79 Å². The van der Waals surface area contributed by atoms with Gasteiger partial charge in [0.05, 0.1) is 10.7 Å². The molecule has 1 N–H and O–H groups in total. The van der Waals surface area contributed by atoms with Crippen LogP contribution in [0.5, 0.6) is 0 Å². The third kappa shape index (κ3) is 2.56. The van der Waals surface area contributed by atoms with Crippen LogP contribution in [0.1, 0.15) is 25.3 Å². The number of aryl methyl sites for hydroxylation is 1. The first-order chi connectivity index (χ1) is 7.65. The summed E-state index contributed by atoms with van der Waals surface area (Å²) in [6.45, 7) is 1.95. The van der Waals surface area contributed by atoms with Gasteiger partial charge in [-0.2, -0.15) is 0 Å². The molecule has 0 bridgehead atoms. The summed E-state index contributed by atoms with van der Waals surface area (Å²) in [4.78, 5) is 16.2. The molecule has 82 valence electrons. The number of thiazole rings is 1. The standard InChI is InChI=1S/C11H9NO2S2/c1-7-12-8(6-15-7)2-3-9-4-5-10(16-9)11(13)14/h2-6H,1H3,(H,13,14)/b3-2+. The molecule has 0 atom stereocenters. The second-order valence-electron chi connectivity index (χ2n) is 3.13. The van der Waals surface area contributed by atoms with E-state index in [4.69, 9.17) is 5.11 Å². The molecule has 0 amide bonds. The molecule has 0 saturated carbocycles. The summed E-state index contributed by atoms with van der Waals surface area (Å²) in [6, 6.07) is 3.41. The Morgan fingerprint density at radius 1 is 1.44 bits per heavy atom. The number of nitrogens with zero attached hydrogens (tertiary/aromatic N) is 1. The van der Waals surface area contributed by atoms with Crippen LogP contribution in [-0.2, 0) is 0 Å². The topological polar surface area (TPSA) is 50.2 Å². The van der Waals surface area contributed by atoms with Crippen molar-refractivity contribution in [1.82, 2.24) is 4.98 Å². The molecule has 0 unspecified atom stereocenters. The zero-order valence-electron chi connectivity index (χ0n) is 8.51. The Balaban J connectivity index is 2.14. The average Bonchev–Trinajstić information content (AvgIpc) is 2.83. The lowest BCUT2D eigenvalue weighted by Gasteiger charge is -1.84. The molecule has 2 rings (SSSR count). The molecular formula is C11H9NO2S2. The van der Waals surface area contributed by atoms with E-state index in [2.05, 4.69) is 4.98 Å². The quantitative estimate of drug-likeness (QED) is 0.909. The van der Waals surface area contributed by atoms with E-state index < -0.39 is 5.97 Å². The van der Waals surface area contributed by atoms with Crippen LogP contribution in [0, 0.1) is 6.92 Å². The van der Waals surface area contributed by atoms with Crippen LogP contribution in [0.4, 0.5) is 0 Å². The maximum Gasteiger partial charge on any atom is 0.345 e. The molecule has 0 saturated heterocycles. The van der Waals surface area contributed by atoms with Gasteiger partial charge in [0.15, 0.2) is 0 Å². The Kier molecular flexibility index (Phi) is 3.17. The van der Waals surface area contributed by atoms with Gasteiger partial charge in [-0.05, 0) is 31.2 Å². The minimum Gasteiger partial charge on any atom is -0.477 e. The van der Waals surface area contributed by atoms with Gasteiger partial charge in [-0.3, -0.25) is 0 Å². The van der Waals surface area contributed by atoms with Gasteiger partial charge < -0.3 is 5.11 Å². The van der Waals surface area contributed by atoms with Crippen molar-refractivity contribution in [3.63, 3.8) is 0 Å². The second kappa shape index (κ2) is 4.59. The number of thiophene rings is 1. The van der Waals surface area contributed by atoms with Gasteiger partial charge in [-0.15, -0.1) is 22.7 Å². The molecule has 0 aromatic carbocycles. The average molecular weight is 251 g/mol. The summed E-state index contributed by atoms with van der Waals surface area (Å²) in [5.41, 5.74) is 0.910. The van der Waals surface area contributed by atoms with Crippen LogP contribution in [-0.4, -0.2) is 16.1 Å². The first-order valence-corrected chi connectivity index (χ1v) is 6.28. The van der Waals surface area contributed by atoms with Gasteiger partial charge in [0.2, 0.25) is 0 Å². The molecule has 0 aliphatic heterocycles. The van der Waals surface area contributed by atoms with Gasteiger partial charge >= 0.3 is 5.97 Å². The number of carboxylic acid groups (broad SMARTS) is 1. The number of aromatic nitrogens is 1. The van der Waals surface area contributed by atoms with Crippen molar-refractivity contribution < 1.29 is 9.90 Å². The largest absolute Gasteiger partial charge is 0.477 e. The highest BCUT2D eigenvalue weighted by Gasteiger charge is 2.04. The molecule has 0 fully saturated rings. The third-order valence-corrected chi connectivity index (χ3v) is 3.72. The van der Waals surface area contributed by atoms with E-state index >= 15 is 0 Å². The van der Waals surface area contributed by atoms with Crippen molar-refractivity contribution in [3.05, 3.63) is 38.0 Å². The molecule has 2 heterocycles. The highest BCUT2D eigenvalue weighted by Crippen LogP contribution is 2.19. The predicted octanol–water partition coefficient (Wildman–Crippen LogP) is 3.38. The van der Waals surface area contributed by atoms with Gasteiger partial charge in [0.25, 0.3) is 0 Å². The maximum absolute atomic E-state index is 10.7. The van der Waals surface area contributed by atoms with Crippen LogP contribution in [0.25, 0.3) is 12.2 Å². The Bertz CT molecular complexity index is 540. The second-order valence-corrected chi connectivity index (χ2v) is 5.31. The predicted molar refractivity (Wildman–Crippen MR) is 67.1 cm³/mol. The fourth-order valence-electron chi connectivity index (χ4n) is 1.18. The summed E-state index contributed by atoms with van der Waals surface area (Å²) < 4.78 is 0. The lowest BCUT2D eigenvalue weighted by molar-refractivity contribution is 0.0702. The molecule has 2 aromatic heterocycles. The molecule has 3 nitrogen and oxygen atoms in total. The summed E-state index contributed by atoms with van der Waals surface area (Å²) in [7, 11) is 0. The number of hydrogen-bond donors (Lipinski definition) is 1. The molecule has 16 heavy (non-hydrogen) atoms. The van der Waals surface area contributed by atoms with Gasteiger partial charge in [-0.25, -0.2) is 9.78 Å². The van der Waals surface area contributed by atoms with Crippen molar-refractivity contribution in [3.8, 4) is 0 Å². The third-order valence-electron chi connectivity index (χ3n) is 1.89. The van der Waals surface area contributed by atoms with Crippen LogP contribution >= 0.6 is 22.7 Å². The maximum atomic E-state index is 10.7. The van der Waals surface area contributed by atoms with E-state index in [-0.39, 0.29) is 0 Å². The molecule has 2 aromatic rings. The number of carboxylic acids is 1. The number of carbonyl (C=O) groups is 1. The smallest absolute Gasteiger partial charge is 0.345 e. The van der Waals surface area contributed by atoms with E-state index in [1.165, 1.54) is 11.3 Å².